The summed E-state index contributed by atoms with van der Waals surface area (Å²) in [5.41, 5.74) is 0.396. The van der Waals surface area contributed by atoms with Crippen molar-refractivity contribution in [2.45, 2.75) is 48.4 Å². The fraction of sp³-hybridized carbons (Fsp3) is 0.588. The molecule has 2 amide bonds. The molecule has 6 nitrogen and oxygen atoms in total. The lowest BCUT2D eigenvalue weighted by atomic mass is 9.86. The average Bonchev–Trinajstić information content (AvgIpc) is 2.76. The molecule has 0 unspecified atom stereocenters. The van der Waals surface area contributed by atoms with Crippen LogP contribution < -0.4 is 5.32 Å². The number of ether oxygens (including phenoxy) is 1. The van der Waals surface area contributed by atoms with E-state index in [1.165, 1.54) is 0 Å². The van der Waals surface area contributed by atoms with Gasteiger partial charge in [0.25, 0.3) is 5.91 Å². The number of anilines is 1. The molecule has 0 bridgehead atoms. The second kappa shape index (κ2) is 6.74. The molecule has 0 saturated carbocycles. The van der Waals surface area contributed by atoms with Gasteiger partial charge in [0.05, 0.1) is 6.20 Å². The van der Waals surface area contributed by atoms with Gasteiger partial charge in [-0.05, 0) is 39.5 Å². The first-order chi connectivity index (χ1) is 12.0. The summed E-state index contributed by atoms with van der Waals surface area (Å²) in [6.07, 6.45) is 1.94. The van der Waals surface area contributed by atoms with Crippen molar-refractivity contribution in [2.24, 2.45) is 0 Å². The molecule has 9 heteroatoms. The molecule has 26 heavy (non-hydrogen) atoms. The summed E-state index contributed by atoms with van der Waals surface area (Å²) in [4.78, 5) is 30.0. The topological polar surface area (TPSA) is 71.5 Å². The molecule has 1 aromatic rings. The van der Waals surface area contributed by atoms with Crippen LogP contribution in [-0.2, 0) is 12.8 Å². The Kier molecular flexibility index (Phi) is 5.07. The number of carbonyl (C=O) groups is 2. The monoisotopic (exact) mass is 491 g/mol. The molecule has 3 rings (SSSR count). The number of hydrogen-bond donors (Lipinski definition) is 1. The van der Waals surface area contributed by atoms with Gasteiger partial charge in [-0.15, -0.1) is 0 Å². The predicted octanol–water partition coefficient (Wildman–Crippen LogP) is 4.23. The number of amides is 2. The number of alkyl halides is 2. The SMILES string of the molecule is CC(C)(C)OC(=O)N1CCC(c2c(F)cnc3c2C(Br)(Br)C(=O)N3)CC1. The Labute approximate surface area is 168 Å². The van der Waals surface area contributed by atoms with E-state index in [0.717, 1.165) is 6.20 Å². The maximum atomic E-state index is 14.6. The van der Waals surface area contributed by atoms with Crippen LogP contribution in [-0.4, -0.2) is 40.6 Å². The Morgan fingerprint density at radius 2 is 2.00 bits per heavy atom. The van der Waals surface area contributed by atoms with Crippen molar-refractivity contribution in [1.29, 1.82) is 0 Å². The lowest BCUT2D eigenvalue weighted by Crippen LogP contribution is -2.41. The smallest absolute Gasteiger partial charge is 0.410 e. The third-order valence-corrected chi connectivity index (χ3v) is 5.97. The predicted molar refractivity (Wildman–Crippen MR) is 102 cm³/mol. The molecule has 1 N–H and O–H groups in total. The summed E-state index contributed by atoms with van der Waals surface area (Å²) in [6, 6.07) is 0. The Bertz CT molecular complexity index is 756. The highest BCUT2D eigenvalue weighted by molar-refractivity contribution is 9.25. The van der Waals surface area contributed by atoms with Gasteiger partial charge >= 0.3 is 6.09 Å². The summed E-state index contributed by atoms with van der Waals surface area (Å²) in [7, 11) is 0. The largest absolute Gasteiger partial charge is 0.444 e. The molecular weight excluding hydrogens is 473 g/mol. The highest BCUT2D eigenvalue weighted by atomic mass is 79.9. The Hall–Kier alpha value is -1.22. The van der Waals surface area contributed by atoms with Crippen molar-refractivity contribution in [3.8, 4) is 0 Å². The van der Waals surface area contributed by atoms with Gasteiger partial charge in [-0.2, -0.15) is 0 Å². The lowest BCUT2D eigenvalue weighted by Gasteiger charge is -2.34. The standard InChI is InChI=1S/C17H20Br2FN3O3/c1-16(2,3)26-15(25)23-6-4-9(5-7-23)11-10(20)8-21-13-12(11)17(18,19)14(24)22-13/h8-9H,4-7H2,1-3H3,(H,21,22,24). The molecular formula is C17H20Br2FN3O3. The number of pyridine rings is 1. The van der Waals surface area contributed by atoms with E-state index in [1.54, 1.807) is 4.90 Å². The van der Waals surface area contributed by atoms with E-state index < -0.39 is 14.7 Å². The molecule has 0 aliphatic carbocycles. The van der Waals surface area contributed by atoms with E-state index >= 15 is 0 Å². The number of nitrogens with zero attached hydrogens (tertiary/aromatic N) is 2. The van der Waals surface area contributed by atoms with Gasteiger partial charge in [-0.25, -0.2) is 14.2 Å². The normalized spacial score (nSPS) is 19.9. The van der Waals surface area contributed by atoms with Gasteiger partial charge in [0, 0.05) is 24.2 Å². The Morgan fingerprint density at radius 1 is 1.38 bits per heavy atom. The molecule has 0 aromatic carbocycles. The maximum absolute atomic E-state index is 14.6. The van der Waals surface area contributed by atoms with Crippen LogP contribution in [0.3, 0.4) is 0 Å². The number of carbonyl (C=O) groups excluding carboxylic acids is 2. The van der Waals surface area contributed by atoms with Crippen LogP contribution in [0.15, 0.2) is 6.20 Å². The molecule has 0 radical (unpaired) electrons. The number of piperidine rings is 1. The summed E-state index contributed by atoms with van der Waals surface area (Å²) in [6.45, 7) is 6.40. The molecule has 1 fully saturated rings. The molecule has 1 saturated heterocycles. The maximum Gasteiger partial charge on any atom is 0.410 e. The highest BCUT2D eigenvalue weighted by Crippen LogP contribution is 2.51. The highest BCUT2D eigenvalue weighted by Gasteiger charge is 2.47. The quantitative estimate of drug-likeness (QED) is 0.595. The van der Waals surface area contributed by atoms with Crippen molar-refractivity contribution in [2.75, 3.05) is 18.4 Å². The number of likely N-dealkylation sites (tertiary alicyclic amines) is 1. The fourth-order valence-electron chi connectivity index (χ4n) is 3.29. The van der Waals surface area contributed by atoms with E-state index in [1.807, 2.05) is 20.8 Å². The van der Waals surface area contributed by atoms with Crippen LogP contribution in [0, 0.1) is 5.82 Å². The minimum Gasteiger partial charge on any atom is -0.444 e. The number of nitrogens with one attached hydrogen (secondary N) is 1. The van der Waals surface area contributed by atoms with E-state index in [9.17, 15) is 14.0 Å². The zero-order chi connectivity index (χ0) is 19.3. The van der Waals surface area contributed by atoms with Crippen molar-refractivity contribution in [1.82, 2.24) is 9.88 Å². The molecule has 142 valence electrons. The van der Waals surface area contributed by atoms with Gasteiger partial charge in [-0.1, -0.05) is 31.9 Å². The first-order valence-corrected chi connectivity index (χ1v) is 9.95. The van der Waals surface area contributed by atoms with Gasteiger partial charge in [0.1, 0.15) is 17.2 Å². The van der Waals surface area contributed by atoms with Crippen LogP contribution in [0.4, 0.5) is 15.0 Å². The van der Waals surface area contributed by atoms with Gasteiger partial charge in [0.2, 0.25) is 0 Å². The Morgan fingerprint density at radius 3 is 2.58 bits per heavy atom. The number of hydrogen-bond acceptors (Lipinski definition) is 4. The molecule has 1 aromatic heterocycles. The van der Waals surface area contributed by atoms with Crippen LogP contribution in [0.5, 0.6) is 0 Å². The first-order valence-electron chi connectivity index (χ1n) is 8.37. The van der Waals surface area contributed by atoms with Crippen LogP contribution >= 0.6 is 31.9 Å². The van der Waals surface area contributed by atoms with Crippen molar-refractivity contribution >= 4 is 49.7 Å². The average molecular weight is 493 g/mol. The second-order valence-electron chi connectivity index (χ2n) is 7.51. The van der Waals surface area contributed by atoms with E-state index in [2.05, 4.69) is 42.2 Å². The molecule has 2 aliphatic heterocycles. The van der Waals surface area contributed by atoms with Crippen LogP contribution in [0.1, 0.15) is 50.7 Å². The lowest BCUT2D eigenvalue weighted by molar-refractivity contribution is -0.115. The molecule has 0 atom stereocenters. The summed E-state index contributed by atoms with van der Waals surface area (Å²) in [5, 5.41) is 2.65. The molecule has 2 aliphatic rings. The summed E-state index contributed by atoms with van der Waals surface area (Å²) >= 11 is 6.68. The summed E-state index contributed by atoms with van der Waals surface area (Å²) < 4.78 is 18.8. The Balaban J connectivity index is 1.81. The van der Waals surface area contributed by atoms with Crippen LogP contribution in [0.25, 0.3) is 0 Å². The van der Waals surface area contributed by atoms with Gasteiger partial charge in [-0.3, -0.25) is 4.79 Å². The number of halogens is 3. The first kappa shape index (κ1) is 19.5. The van der Waals surface area contributed by atoms with Gasteiger partial charge < -0.3 is 15.0 Å². The zero-order valence-electron chi connectivity index (χ0n) is 14.7. The molecule has 3 heterocycles. The van der Waals surface area contributed by atoms with Crippen molar-refractivity contribution < 1.29 is 18.7 Å². The summed E-state index contributed by atoms with van der Waals surface area (Å²) in [5.74, 6) is -0.542. The number of fused-ring (bicyclic) bond motifs is 1. The van der Waals surface area contributed by atoms with Crippen molar-refractivity contribution in [3.63, 3.8) is 0 Å². The number of aromatic nitrogens is 1. The van der Waals surface area contributed by atoms with E-state index in [4.69, 9.17) is 4.74 Å². The van der Waals surface area contributed by atoms with Gasteiger partial charge in [0.15, 0.2) is 3.23 Å². The van der Waals surface area contributed by atoms with Crippen LogP contribution in [0.2, 0.25) is 0 Å². The third kappa shape index (κ3) is 3.60. The minimum atomic E-state index is -1.19. The third-order valence-electron chi connectivity index (χ3n) is 4.46. The zero-order valence-corrected chi connectivity index (χ0v) is 17.9. The fourth-order valence-corrected chi connectivity index (χ4v) is 4.29. The van der Waals surface area contributed by atoms with E-state index in [0.29, 0.717) is 42.9 Å². The minimum absolute atomic E-state index is 0.118. The number of rotatable bonds is 1. The molecule has 0 spiro atoms. The van der Waals surface area contributed by atoms with E-state index in [-0.39, 0.29) is 17.9 Å². The second-order valence-corrected chi connectivity index (χ2v) is 11.0. The van der Waals surface area contributed by atoms with Crippen molar-refractivity contribution in [3.05, 3.63) is 23.1 Å².